The van der Waals surface area contributed by atoms with Crippen LogP contribution in [0.4, 0.5) is 0 Å². The quantitative estimate of drug-likeness (QED) is 0.176. The van der Waals surface area contributed by atoms with Crippen LogP contribution in [0.2, 0.25) is 0 Å². The summed E-state index contributed by atoms with van der Waals surface area (Å²) in [5.74, 6) is -3.98. The maximum atomic E-state index is 14.5. The van der Waals surface area contributed by atoms with E-state index < -0.39 is 59.6 Å². The molecule has 1 aromatic heterocycles. The molecule has 2 aliphatic rings. The Morgan fingerprint density at radius 2 is 1.58 bits per heavy atom. The Morgan fingerprint density at radius 1 is 0.868 bits per heavy atom. The van der Waals surface area contributed by atoms with E-state index in [9.17, 15) is 28.8 Å². The minimum Gasteiger partial charge on any atom is -0.344 e. The highest BCUT2D eigenvalue weighted by atomic mass is 16.2. The number of carbonyl (C=O) groups is 6. The lowest BCUT2D eigenvalue weighted by Gasteiger charge is -2.35. The molecule has 2 aromatic rings. The number of hydrogen-bond donors (Lipinski definition) is 4. The predicted octanol–water partition coefficient (Wildman–Crippen LogP) is 4.04. The smallest absolute Gasteiger partial charge is 0.290 e. The van der Waals surface area contributed by atoms with Crippen LogP contribution in [-0.4, -0.2) is 80.9 Å². The Bertz CT molecular complexity index is 1550. The van der Waals surface area contributed by atoms with Gasteiger partial charge >= 0.3 is 0 Å². The molecular formula is C40H57N7O6. The molecule has 1 saturated carbocycles. The Hall–Kier alpha value is -4.68. The van der Waals surface area contributed by atoms with Gasteiger partial charge in [-0.05, 0) is 55.9 Å². The first-order valence-electron chi connectivity index (χ1n) is 19.4. The number of amides is 5. The number of nitrogens with zero attached hydrogens (tertiary/aromatic N) is 3. The fraction of sp³-hybridized carbons (Fsp3) is 0.600. The number of Topliss-reactive ketones (excluding diaryl/α,β-unsaturated/α-hetero) is 1. The van der Waals surface area contributed by atoms with Crippen LogP contribution in [0.25, 0.3) is 0 Å². The van der Waals surface area contributed by atoms with Gasteiger partial charge in [-0.3, -0.25) is 33.8 Å². The van der Waals surface area contributed by atoms with Gasteiger partial charge in [-0.25, -0.2) is 4.98 Å². The fourth-order valence-electron chi connectivity index (χ4n) is 7.55. The molecule has 2 fully saturated rings. The molecule has 1 aliphatic heterocycles. The highest BCUT2D eigenvalue weighted by molar-refractivity contribution is 6.38. The van der Waals surface area contributed by atoms with E-state index in [4.69, 9.17) is 0 Å². The molecule has 288 valence electrons. The van der Waals surface area contributed by atoms with Crippen molar-refractivity contribution in [3.8, 4) is 0 Å². The van der Waals surface area contributed by atoms with Gasteiger partial charge in [0.15, 0.2) is 0 Å². The Labute approximate surface area is 313 Å². The van der Waals surface area contributed by atoms with Crippen molar-refractivity contribution >= 4 is 35.3 Å². The molecule has 0 radical (unpaired) electrons. The summed E-state index contributed by atoms with van der Waals surface area (Å²) in [6.45, 7) is 9.72. The summed E-state index contributed by atoms with van der Waals surface area (Å²) in [6.07, 6.45) is 11.2. The molecule has 2 heterocycles. The molecule has 1 aromatic carbocycles. The second-order valence-corrected chi connectivity index (χ2v) is 14.6. The fourth-order valence-corrected chi connectivity index (χ4v) is 7.55. The van der Waals surface area contributed by atoms with Crippen LogP contribution < -0.4 is 21.3 Å². The average Bonchev–Trinajstić information content (AvgIpc) is 3.63. The van der Waals surface area contributed by atoms with E-state index in [-0.39, 0.29) is 35.8 Å². The molecule has 1 saturated heterocycles. The first kappa shape index (κ1) is 41.1. The van der Waals surface area contributed by atoms with Crippen molar-refractivity contribution in [3.63, 3.8) is 0 Å². The molecule has 4 rings (SSSR count). The summed E-state index contributed by atoms with van der Waals surface area (Å²) >= 11 is 0. The van der Waals surface area contributed by atoms with E-state index in [1.807, 2.05) is 58.0 Å². The molecule has 5 amide bonds. The van der Waals surface area contributed by atoms with Crippen LogP contribution in [0.1, 0.15) is 121 Å². The monoisotopic (exact) mass is 731 g/mol. The molecule has 2 unspecified atom stereocenters. The highest BCUT2D eigenvalue weighted by Crippen LogP contribution is 2.30. The molecule has 0 spiro atoms. The number of aromatic nitrogens is 2. The molecule has 13 nitrogen and oxygen atoms in total. The Morgan fingerprint density at radius 3 is 2.21 bits per heavy atom. The van der Waals surface area contributed by atoms with E-state index >= 15 is 0 Å². The van der Waals surface area contributed by atoms with Crippen LogP contribution >= 0.6 is 0 Å². The zero-order chi connectivity index (χ0) is 38.5. The van der Waals surface area contributed by atoms with Crippen molar-refractivity contribution in [2.24, 2.45) is 17.8 Å². The SMILES string of the molecule is CCCC(NC(=O)[C@@H]1[C@@H](CC)CCN1C(=O)[C@@H](NC(=O)[C@@H](NC(=O)c1cnccn1)C1CCCCC1)C(C)CC)C(=O)C(=O)N[C@@H](C)c1ccccc1. The lowest BCUT2D eigenvalue weighted by Crippen LogP contribution is -2.61. The second kappa shape index (κ2) is 20.0. The van der Waals surface area contributed by atoms with Gasteiger partial charge in [0, 0.05) is 18.9 Å². The van der Waals surface area contributed by atoms with Gasteiger partial charge in [0.1, 0.15) is 23.8 Å². The minimum absolute atomic E-state index is 0.0928. The summed E-state index contributed by atoms with van der Waals surface area (Å²) in [5.41, 5.74) is 0.937. The molecule has 1 aliphatic carbocycles. The lowest BCUT2D eigenvalue weighted by atomic mass is 9.83. The summed E-state index contributed by atoms with van der Waals surface area (Å²) in [4.78, 5) is 92.1. The lowest BCUT2D eigenvalue weighted by molar-refractivity contribution is -0.145. The number of carbonyl (C=O) groups excluding carboxylic acids is 6. The van der Waals surface area contributed by atoms with Gasteiger partial charge < -0.3 is 26.2 Å². The zero-order valence-electron chi connectivity index (χ0n) is 31.8. The first-order valence-corrected chi connectivity index (χ1v) is 19.4. The van der Waals surface area contributed by atoms with Crippen molar-refractivity contribution in [1.29, 1.82) is 0 Å². The van der Waals surface area contributed by atoms with Crippen LogP contribution in [0.3, 0.4) is 0 Å². The summed E-state index contributed by atoms with van der Waals surface area (Å²) in [6, 6.07) is 5.07. The van der Waals surface area contributed by atoms with Crippen LogP contribution in [0.5, 0.6) is 0 Å². The number of rotatable bonds is 17. The highest BCUT2D eigenvalue weighted by Gasteiger charge is 2.45. The molecule has 7 atom stereocenters. The third kappa shape index (κ3) is 10.7. The number of hydrogen-bond acceptors (Lipinski definition) is 8. The van der Waals surface area contributed by atoms with Gasteiger partial charge in [0.05, 0.1) is 18.3 Å². The van der Waals surface area contributed by atoms with Crippen molar-refractivity contribution in [2.75, 3.05) is 6.54 Å². The maximum Gasteiger partial charge on any atom is 0.290 e. The van der Waals surface area contributed by atoms with E-state index in [0.717, 1.165) is 37.7 Å². The van der Waals surface area contributed by atoms with Crippen LogP contribution in [-0.2, 0) is 24.0 Å². The van der Waals surface area contributed by atoms with E-state index in [2.05, 4.69) is 31.2 Å². The van der Waals surface area contributed by atoms with Gasteiger partial charge in [0.25, 0.3) is 11.8 Å². The number of benzene rings is 1. The van der Waals surface area contributed by atoms with Gasteiger partial charge in [-0.15, -0.1) is 0 Å². The van der Waals surface area contributed by atoms with Crippen molar-refractivity contribution < 1.29 is 28.8 Å². The van der Waals surface area contributed by atoms with Gasteiger partial charge in [0.2, 0.25) is 23.5 Å². The molecule has 4 N–H and O–H groups in total. The van der Waals surface area contributed by atoms with Crippen molar-refractivity contribution in [3.05, 3.63) is 60.2 Å². The first-order chi connectivity index (χ1) is 25.5. The van der Waals surface area contributed by atoms with Gasteiger partial charge in [-0.2, -0.15) is 0 Å². The largest absolute Gasteiger partial charge is 0.344 e. The maximum absolute atomic E-state index is 14.5. The number of nitrogens with one attached hydrogen (secondary N) is 4. The van der Waals surface area contributed by atoms with Crippen molar-refractivity contribution in [2.45, 2.75) is 129 Å². The molecule has 0 bridgehead atoms. The standard InChI is InChI=1S/C40H57N7O6/c1-6-15-30(35(48)39(52)43-26(5)28-16-11-9-12-17-28)44-38(51)34-27(8-3)20-23-47(34)40(53)32(25(4)7-2)45-37(50)33(29-18-13-10-14-19-29)46-36(49)31-24-41-21-22-42-31/h9,11-12,16-17,21-22,24-27,29-30,32-34H,6-8,10,13-15,18-20,23H2,1-5H3,(H,43,52)(H,44,51)(H,45,50)(H,46,49)/t25?,26-,27-,30?,32-,33-,34-/m0/s1. The number of ketones is 1. The second-order valence-electron chi connectivity index (χ2n) is 14.6. The Kier molecular flexibility index (Phi) is 15.5. The number of likely N-dealkylation sites (tertiary alicyclic amines) is 1. The average molecular weight is 732 g/mol. The topological polar surface area (TPSA) is 180 Å². The van der Waals surface area contributed by atoms with E-state index in [0.29, 0.717) is 32.2 Å². The summed E-state index contributed by atoms with van der Waals surface area (Å²) in [7, 11) is 0. The third-order valence-corrected chi connectivity index (χ3v) is 10.9. The van der Waals surface area contributed by atoms with Crippen molar-refractivity contribution in [1.82, 2.24) is 36.1 Å². The van der Waals surface area contributed by atoms with Crippen LogP contribution in [0.15, 0.2) is 48.9 Å². The molecule has 13 heteroatoms. The molecule has 53 heavy (non-hydrogen) atoms. The summed E-state index contributed by atoms with van der Waals surface area (Å²) < 4.78 is 0. The normalized spacial score (nSPS) is 20.3. The third-order valence-electron chi connectivity index (χ3n) is 10.9. The zero-order valence-corrected chi connectivity index (χ0v) is 31.8. The predicted molar refractivity (Wildman–Crippen MR) is 200 cm³/mol. The van der Waals surface area contributed by atoms with Crippen LogP contribution in [0, 0.1) is 17.8 Å². The minimum atomic E-state index is -1.07. The summed E-state index contributed by atoms with van der Waals surface area (Å²) in [5, 5.41) is 11.5. The van der Waals surface area contributed by atoms with Gasteiger partial charge in [-0.1, -0.05) is 96.6 Å². The Balaban J connectivity index is 1.52. The van der Waals surface area contributed by atoms with E-state index in [1.54, 1.807) is 6.92 Å². The molecular weight excluding hydrogens is 674 g/mol. The van der Waals surface area contributed by atoms with E-state index in [1.165, 1.54) is 23.5 Å².